The number of aromatic nitrogens is 1. The molecule has 136 valence electrons. The van der Waals surface area contributed by atoms with Gasteiger partial charge in [-0.25, -0.2) is 9.67 Å². The molecule has 0 fully saturated rings. The minimum Gasteiger partial charge on any atom is -0.235 e. The summed E-state index contributed by atoms with van der Waals surface area (Å²) in [7, 11) is 0. The van der Waals surface area contributed by atoms with Gasteiger partial charge in [0.1, 0.15) is 17.7 Å². The largest absolute Gasteiger partial charge is 0.235 e. The Hall–Kier alpha value is -3.96. The van der Waals surface area contributed by atoms with Crippen LogP contribution in [0.3, 0.4) is 0 Å². The Morgan fingerprint density at radius 2 is 1.43 bits per heavy atom. The first kappa shape index (κ1) is 18.8. The van der Waals surface area contributed by atoms with Crippen molar-refractivity contribution >= 4 is 18.2 Å². The van der Waals surface area contributed by atoms with Crippen LogP contribution >= 0.6 is 0 Å². The third-order valence-electron chi connectivity index (χ3n) is 4.19. The van der Waals surface area contributed by atoms with E-state index in [2.05, 4.69) is 22.2 Å². The average Bonchev–Trinajstić information content (AvgIpc) is 3.04. The standard InChI is InChI=1S/C23H19N5/c1-2-9-22-20(14-24)21(15-25)23(26-16-18-10-5-3-6-11-18)28(22)27-17-19-12-7-4-8-13-19/h3-8,10-13,16-17H,2,9H2,1H3. The van der Waals surface area contributed by atoms with Crippen LogP contribution in [-0.2, 0) is 6.42 Å². The number of hydrogen-bond donors (Lipinski definition) is 0. The SMILES string of the molecule is CCCc1c(C#N)c(C#N)c(N=Cc2ccccc2)n1N=Cc1ccccc1. The molecule has 1 heterocycles. The number of benzene rings is 2. The number of rotatable bonds is 6. The minimum absolute atomic E-state index is 0.253. The van der Waals surface area contributed by atoms with Gasteiger partial charge in [0.2, 0.25) is 0 Å². The second-order valence-corrected chi connectivity index (χ2v) is 6.13. The molecule has 28 heavy (non-hydrogen) atoms. The first-order chi connectivity index (χ1) is 13.8. The van der Waals surface area contributed by atoms with E-state index >= 15 is 0 Å². The van der Waals surface area contributed by atoms with Crippen molar-refractivity contribution in [2.75, 3.05) is 0 Å². The highest BCUT2D eigenvalue weighted by Crippen LogP contribution is 2.30. The van der Waals surface area contributed by atoms with Crippen LogP contribution in [-0.4, -0.2) is 17.1 Å². The molecule has 0 aliphatic carbocycles. The Morgan fingerprint density at radius 1 is 0.857 bits per heavy atom. The van der Waals surface area contributed by atoms with Crippen LogP contribution < -0.4 is 0 Å². The monoisotopic (exact) mass is 365 g/mol. The van der Waals surface area contributed by atoms with Gasteiger partial charge < -0.3 is 0 Å². The molecule has 1 aromatic heterocycles. The van der Waals surface area contributed by atoms with Crippen LogP contribution in [0.15, 0.2) is 70.8 Å². The van der Waals surface area contributed by atoms with Crippen LogP contribution in [0.2, 0.25) is 0 Å². The third-order valence-corrected chi connectivity index (χ3v) is 4.19. The van der Waals surface area contributed by atoms with Gasteiger partial charge in [-0.1, -0.05) is 74.0 Å². The molecule has 0 saturated heterocycles. The smallest absolute Gasteiger partial charge is 0.173 e. The molecule has 0 aliphatic rings. The molecule has 0 N–H and O–H groups in total. The summed E-state index contributed by atoms with van der Waals surface area (Å²) in [6, 6.07) is 23.6. The predicted molar refractivity (Wildman–Crippen MR) is 111 cm³/mol. The lowest BCUT2D eigenvalue weighted by Gasteiger charge is -2.05. The first-order valence-electron chi connectivity index (χ1n) is 9.04. The zero-order valence-corrected chi connectivity index (χ0v) is 15.6. The summed E-state index contributed by atoms with van der Waals surface area (Å²) >= 11 is 0. The maximum atomic E-state index is 9.68. The molecule has 3 aromatic rings. The topological polar surface area (TPSA) is 77.2 Å². The summed E-state index contributed by atoms with van der Waals surface area (Å²) in [6.45, 7) is 2.03. The second kappa shape index (κ2) is 9.12. The Bertz CT molecular complexity index is 1080. The molecule has 0 aliphatic heterocycles. The van der Waals surface area contributed by atoms with Gasteiger partial charge in [0.25, 0.3) is 0 Å². The molecule has 0 saturated carbocycles. The van der Waals surface area contributed by atoms with Crippen molar-refractivity contribution in [2.24, 2.45) is 10.1 Å². The highest BCUT2D eigenvalue weighted by Gasteiger charge is 2.22. The van der Waals surface area contributed by atoms with E-state index in [-0.39, 0.29) is 5.56 Å². The van der Waals surface area contributed by atoms with Gasteiger partial charge in [0.15, 0.2) is 5.82 Å². The molecule has 0 spiro atoms. The Kier molecular flexibility index (Phi) is 6.13. The van der Waals surface area contributed by atoms with E-state index in [4.69, 9.17) is 0 Å². The summed E-state index contributed by atoms with van der Waals surface area (Å²) in [6.07, 6.45) is 4.85. The maximum Gasteiger partial charge on any atom is 0.173 e. The van der Waals surface area contributed by atoms with Crippen LogP contribution in [0.25, 0.3) is 0 Å². The van der Waals surface area contributed by atoms with E-state index in [0.717, 1.165) is 17.5 Å². The third kappa shape index (κ3) is 4.06. The molecule has 3 rings (SSSR count). The molecule has 0 atom stereocenters. The first-order valence-corrected chi connectivity index (χ1v) is 9.04. The van der Waals surface area contributed by atoms with Crippen molar-refractivity contribution in [3.8, 4) is 12.1 Å². The van der Waals surface area contributed by atoms with Crippen molar-refractivity contribution in [3.63, 3.8) is 0 Å². The Morgan fingerprint density at radius 3 is 1.96 bits per heavy atom. The second-order valence-electron chi connectivity index (χ2n) is 6.13. The molecular weight excluding hydrogens is 346 g/mol. The molecular formula is C23H19N5. The molecule has 5 nitrogen and oxygen atoms in total. The van der Waals surface area contributed by atoms with Gasteiger partial charge in [0, 0.05) is 6.21 Å². The summed E-state index contributed by atoms with van der Waals surface area (Å²) in [5, 5.41) is 23.9. The maximum absolute atomic E-state index is 9.68. The molecule has 0 bridgehead atoms. The lowest BCUT2D eigenvalue weighted by atomic mass is 10.1. The van der Waals surface area contributed by atoms with Gasteiger partial charge in [-0.2, -0.15) is 15.6 Å². The van der Waals surface area contributed by atoms with Crippen molar-refractivity contribution < 1.29 is 0 Å². The van der Waals surface area contributed by atoms with Crippen LogP contribution in [0.4, 0.5) is 5.82 Å². The lowest BCUT2D eigenvalue weighted by Crippen LogP contribution is -1.99. The fraction of sp³-hybridized carbons (Fsp3) is 0.130. The van der Waals surface area contributed by atoms with Crippen LogP contribution in [0.5, 0.6) is 0 Å². The fourth-order valence-corrected chi connectivity index (χ4v) is 2.87. The number of hydrogen-bond acceptors (Lipinski definition) is 4. The number of aliphatic imine (C=N–C) groups is 1. The fourth-order valence-electron chi connectivity index (χ4n) is 2.87. The normalized spacial score (nSPS) is 11.0. The average molecular weight is 365 g/mol. The quantitative estimate of drug-likeness (QED) is 0.587. The van der Waals surface area contributed by atoms with E-state index in [1.807, 2.05) is 67.6 Å². The van der Waals surface area contributed by atoms with E-state index in [9.17, 15) is 10.5 Å². The minimum atomic E-state index is 0.253. The molecule has 0 unspecified atom stereocenters. The van der Waals surface area contributed by atoms with E-state index < -0.39 is 0 Å². The molecule has 2 aromatic carbocycles. The van der Waals surface area contributed by atoms with Crippen molar-refractivity contribution in [1.29, 1.82) is 10.5 Å². The van der Waals surface area contributed by atoms with Crippen LogP contribution in [0, 0.1) is 22.7 Å². The van der Waals surface area contributed by atoms with Gasteiger partial charge in [-0.3, -0.25) is 0 Å². The van der Waals surface area contributed by atoms with E-state index in [1.54, 1.807) is 17.1 Å². The lowest BCUT2D eigenvalue weighted by molar-refractivity contribution is 0.772. The van der Waals surface area contributed by atoms with Gasteiger partial charge in [0.05, 0.1) is 17.5 Å². The molecule has 5 heteroatoms. The van der Waals surface area contributed by atoms with E-state index in [1.165, 1.54) is 0 Å². The van der Waals surface area contributed by atoms with Crippen LogP contribution in [0.1, 0.15) is 41.3 Å². The zero-order chi connectivity index (χ0) is 19.8. The van der Waals surface area contributed by atoms with Crippen molar-refractivity contribution in [3.05, 3.63) is 88.6 Å². The summed E-state index contributed by atoms with van der Waals surface area (Å²) in [4.78, 5) is 4.52. The van der Waals surface area contributed by atoms with Gasteiger partial charge in [-0.15, -0.1) is 0 Å². The number of nitrogens with zero attached hydrogens (tertiary/aromatic N) is 5. The van der Waals surface area contributed by atoms with Crippen molar-refractivity contribution in [2.45, 2.75) is 19.8 Å². The Labute approximate surface area is 164 Å². The Balaban J connectivity index is 2.15. The summed E-state index contributed by atoms with van der Waals surface area (Å²) < 4.78 is 1.62. The highest BCUT2D eigenvalue weighted by molar-refractivity contribution is 5.83. The van der Waals surface area contributed by atoms with Gasteiger partial charge in [-0.05, 0) is 17.5 Å². The highest BCUT2D eigenvalue weighted by atomic mass is 15.4. The van der Waals surface area contributed by atoms with Gasteiger partial charge >= 0.3 is 0 Å². The van der Waals surface area contributed by atoms with E-state index in [0.29, 0.717) is 23.5 Å². The summed E-state index contributed by atoms with van der Waals surface area (Å²) in [5.74, 6) is 0.374. The predicted octanol–water partition coefficient (Wildman–Crippen LogP) is 4.82. The molecule has 0 radical (unpaired) electrons. The number of nitriles is 2. The van der Waals surface area contributed by atoms with Crippen molar-refractivity contribution in [1.82, 2.24) is 4.68 Å². The molecule has 0 amide bonds. The zero-order valence-electron chi connectivity index (χ0n) is 15.6. The summed E-state index contributed by atoms with van der Waals surface area (Å²) in [5.41, 5.74) is 3.13.